The van der Waals surface area contributed by atoms with Crippen LogP contribution in [0.4, 0.5) is 0 Å². The van der Waals surface area contributed by atoms with Gasteiger partial charge in [-0.15, -0.1) is 0 Å². The van der Waals surface area contributed by atoms with Crippen molar-refractivity contribution in [2.45, 2.75) is 65.3 Å². The minimum absolute atomic E-state index is 0.198. The molecule has 0 radical (unpaired) electrons. The van der Waals surface area contributed by atoms with Crippen LogP contribution in [0.25, 0.3) is 0 Å². The summed E-state index contributed by atoms with van der Waals surface area (Å²) in [4.78, 5) is 12.3. The molecule has 0 aromatic carbocycles. The molecule has 3 heteroatoms. The van der Waals surface area contributed by atoms with Crippen molar-refractivity contribution < 1.29 is 4.79 Å². The molecule has 3 unspecified atom stereocenters. The van der Waals surface area contributed by atoms with Gasteiger partial charge >= 0.3 is 0 Å². The van der Waals surface area contributed by atoms with Crippen LogP contribution >= 0.6 is 0 Å². The molecule has 1 amide bonds. The second kappa shape index (κ2) is 7.78. The van der Waals surface area contributed by atoms with Crippen molar-refractivity contribution in [2.75, 3.05) is 6.54 Å². The molecule has 0 saturated heterocycles. The average Bonchev–Trinajstić information content (AvgIpc) is 2.40. The summed E-state index contributed by atoms with van der Waals surface area (Å²) in [5.74, 6) is 1.61. The highest BCUT2D eigenvalue weighted by atomic mass is 16.1. The molecule has 1 aliphatic carbocycles. The third kappa shape index (κ3) is 4.27. The summed E-state index contributed by atoms with van der Waals surface area (Å²) < 4.78 is 0. The van der Waals surface area contributed by atoms with Gasteiger partial charge in [-0.2, -0.15) is 0 Å². The molecule has 0 aromatic rings. The predicted octanol–water partition coefficient (Wildman–Crippen LogP) is 2.69. The van der Waals surface area contributed by atoms with Crippen LogP contribution < -0.4 is 11.1 Å². The van der Waals surface area contributed by atoms with E-state index in [1.54, 1.807) is 0 Å². The first-order valence-electron chi connectivity index (χ1n) is 7.62. The lowest BCUT2D eigenvalue weighted by molar-refractivity contribution is -0.127. The quantitative estimate of drug-likeness (QED) is 0.765. The van der Waals surface area contributed by atoms with Crippen LogP contribution in [0.2, 0.25) is 0 Å². The van der Waals surface area contributed by atoms with Gasteiger partial charge in [0, 0.05) is 12.0 Å². The zero-order valence-corrected chi connectivity index (χ0v) is 12.2. The fourth-order valence-electron chi connectivity index (χ4n) is 3.20. The van der Waals surface area contributed by atoms with E-state index in [1.165, 1.54) is 6.42 Å². The molecule has 0 bridgehead atoms. The van der Waals surface area contributed by atoms with Crippen LogP contribution in [-0.4, -0.2) is 18.5 Å². The van der Waals surface area contributed by atoms with Gasteiger partial charge in [0.2, 0.25) is 5.91 Å². The van der Waals surface area contributed by atoms with E-state index in [1.807, 2.05) is 0 Å². The van der Waals surface area contributed by atoms with E-state index in [0.717, 1.165) is 38.6 Å². The number of rotatable bonds is 6. The van der Waals surface area contributed by atoms with E-state index in [9.17, 15) is 4.79 Å². The highest BCUT2D eigenvalue weighted by Crippen LogP contribution is 2.28. The van der Waals surface area contributed by atoms with Crippen molar-refractivity contribution in [3.8, 4) is 0 Å². The number of carbonyl (C=O) groups is 1. The van der Waals surface area contributed by atoms with Crippen molar-refractivity contribution in [3.63, 3.8) is 0 Å². The number of nitrogens with one attached hydrogen (secondary N) is 1. The molecular formula is C15H30N2O. The average molecular weight is 254 g/mol. The first-order chi connectivity index (χ1) is 8.62. The molecule has 0 spiro atoms. The Morgan fingerprint density at radius 1 is 1.33 bits per heavy atom. The van der Waals surface area contributed by atoms with Gasteiger partial charge in [-0.25, -0.2) is 0 Å². The summed E-state index contributed by atoms with van der Waals surface area (Å²) in [7, 11) is 0. The summed E-state index contributed by atoms with van der Waals surface area (Å²) in [6, 6.07) is 0.297. The minimum atomic E-state index is 0.198. The molecule has 0 aliphatic heterocycles. The zero-order chi connectivity index (χ0) is 13.5. The number of hydrogen-bond acceptors (Lipinski definition) is 2. The SMILES string of the molecule is CCC(CC)C(C)NC(=O)C1CCCC(CN)C1. The van der Waals surface area contributed by atoms with Crippen LogP contribution in [0.15, 0.2) is 0 Å². The van der Waals surface area contributed by atoms with Gasteiger partial charge in [-0.1, -0.05) is 33.1 Å². The Bertz CT molecular complexity index is 251. The summed E-state index contributed by atoms with van der Waals surface area (Å²) in [6.07, 6.45) is 6.64. The van der Waals surface area contributed by atoms with Crippen LogP contribution in [0, 0.1) is 17.8 Å². The first kappa shape index (κ1) is 15.5. The second-order valence-corrected chi connectivity index (χ2v) is 5.84. The first-order valence-corrected chi connectivity index (χ1v) is 7.62. The Labute approximate surface area is 112 Å². The topological polar surface area (TPSA) is 55.1 Å². The predicted molar refractivity (Wildman–Crippen MR) is 76.2 cm³/mol. The Morgan fingerprint density at radius 2 is 2.00 bits per heavy atom. The van der Waals surface area contributed by atoms with Gasteiger partial charge in [0.15, 0.2) is 0 Å². The lowest BCUT2D eigenvalue weighted by Crippen LogP contribution is -2.42. The van der Waals surface area contributed by atoms with Gasteiger partial charge in [0.25, 0.3) is 0 Å². The molecule has 3 nitrogen and oxygen atoms in total. The number of carbonyl (C=O) groups excluding carboxylic acids is 1. The van der Waals surface area contributed by atoms with Crippen molar-refractivity contribution >= 4 is 5.91 Å². The highest BCUT2D eigenvalue weighted by Gasteiger charge is 2.28. The lowest BCUT2D eigenvalue weighted by Gasteiger charge is -2.30. The molecule has 1 fully saturated rings. The number of amides is 1. The maximum Gasteiger partial charge on any atom is 0.223 e. The van der Waals surface area contributed by atoms with Gasteiger partial charge in [0.1, 0.15) is 0 Å². The third-order valence-corrected chi connectivity index (χ3v) is 4.61. The maximum atomic E-state index is 12.3. The van der Waals surface area contributed by atoms with Crippen LogP contribution in [-0.2, 0) is 4.79 Å². The Hall–Kier alpha value is -0.570. The van der Waals surface area contributed by atoms with Gasteiger partial charge in [-0.05, 0) is 44.6 Å². The normalized spacial score (nSPS) is 26.1. The molecule has 18 heavy (non-hydrogen) atoms. The standard InChI is InChI=1S/C15H30N2O/c1-4-13(5-2)11(3)17-15(18)14-8-6-7-12(9-14)10-16/h11-14H,4-10,16H2,1-3H3,(H,17,18). The summed E-state index contributed by atoms with van der Waals surface area (Å²) >= 11 is 0. The molecule has 106 valence electrons. The Kier molecular flexibility index (Phi) is 6.69. The van der Waals surface area contributed by atoms with Crippen molar-refractivity contribution in [3.05, 3.63) is 0 Å². The van der Waals surface area contributed by atoms with Crippen molar-refractivity contribution in [2.24, 2.45) is 23.5 Å². The van der Waals surface area contributed by atoms with Crippen molar-refractivity contribution in [1.29, 1.82) is 0 Å². The van der Waals surface area contributed by atoms with E-state index in [2.05, 4.69) is 26.1 Å². The number of nitrogens with two attached hydrogens (primary N) is 1. The van der Waals surface area contributed by atoms with E-state index in [-0.39, 0.29) is 11.8 Å². The lowest BCUT2D eigenvalue weighted by atomic mass is 9.80. The van der Waals surface area contributed by atoms with Gasteiger partial charge < -0.3 is 11.1 Å². The molecule has 3 atom stereocenters. The van der Waals surface area contributed by atoms with E-state index in [4.69, 9.17) is 5.73 Å². The minimum Gasteiger partial charge on any atom is -0.353 e. The second-order valence-electron chi connectivity index (χ2n) is 5.84. The zero-order valence-electron chi connectivity index (χ0n) is 12.2. The molecule has 3 N–H and O–H groups in total. The third-order valence-electron chi connectivity index (χ3n) is 4.61. The van der Waals surface area contributed by atoms with E-state index in [0.29, 0.717) is 17.9 Å². The van der Waals surface area contributed by atoms with Crippen LogP contribution in [0.5, 0.6) is 0 Å². The number of hydrogen-bond donors (Lipinski definition) is 2. The molecule has 0 heterocycles. The summed E-state index contributed by atoms with van der Waals surface area (Å²) in [5, 5.41) is 3.22. The van der Waals surface area contributed by atoms with Gasteiger partial charge in [0.05, 0.1) is 0 Å². The van der Waals surface area contributed by atoms with Crippen LogP contribution in [0.1, 0.15) is 59.3 Å². The molecule has 1 aliphatic rings. The largest absolute Gasteiger partial charge is 0.353 e. The molecular weight excluding hydrogens is 224 g/mol. The summed E-state index contributed by atoms with van der Waals surface area (Å²) in [5.41, 5.74) is 5.73. The van der Waals surface area contributed by atoms with Gasteiger partial charge in [-0.3, -0.25) is 4.79 Å². The van der Waals surface area contributed by atoms with Crippen LogP contribution in [0.3, 0.4) is 0 Å². The smallest absolute Gasteiger partial charge is 0.223 e. The molecule has 1 saturated carbocycles. The Balaban J connectivity index is 2.44. The highest BCUT2D eigenvalue weighted by molar-refractivity contribution is 5.79. The maximum absolute atomic E-state index is 12.3. The summed E-state index contributed by atoms with van der Waals surface area (Å²) in [6.45, 7) is 7.26. The van der Waals surface area contributed by atoms with Crippen molar-refractivity contribution in [1.82, 2.24) is 5.32 Å². The fourth-order valence-corrected chi connectivity index (χ4v) is 3.20. The Morgan fingerprint density at radius 3 is 2.56 bits per heavy atom. The molecule has 1 rings (SSSR count). The monoisotopic (exact) mass is 254 g/mol. The van der Waals surface area contributed by atoms with E-state index < -0.39 is 0 Å². The van der Waals surface area contributed by atoms with E-state index >= 15 is 0 Å². The molecule has 0 aromatic heterocycles. The fraction of sp³-hybridized carbons (Fsp3) is 0.933.